The van der Waals surface area contributed by atoms with E-state index in [0.29, 0.717) is 0 Å². The van der Waals surface area contributed by atoms with Crippen LogP contribution in [0.2, 0.25) is 0 Å². The lowest BCUT2D eigenvalue weighted by Gasteiger charge is -2.28. The van der Waals surface area contributed by atoms with Gasteiger partial charge in [-0.15, -0.1) is 0 Å². The minimum Gasteiger partial charge on any atom is -0.316 e. The minimum absolute atomic E-state index is 0.735. The quantitative estimate of drug-likeness (QED) is 0.655. The van der Waals surface area contributed by atoms with Gasteiger partial charge in [-0.2, -0.15) is 0 Å². The highest BCUT2D eigenvalue weighted by Gasteiger charge is 2.21. The average Bonchev–Trinajstić information content (AvgIpc) is 2.96. The normalized spacial score (nSPS) is 33.2. The number of rotatable bonds is 5. The van der Waals surface area contributed by atoms with Crippen molar-refractivity contribution in [2.75, 3.05) is 19.6 Å². The van der Waals surface area contributed by atoms with Crippen LogP contribution in [-0.4, -0.2) is 25.7 Å². The maximum Gasteiger partial charge on any atom is 0.00418 e. The van der Waals surface area contributed by atoms with Gasteiger partial charge in [0.2, 0.25) is 0 Å². The summed E-state index contributed by atoms with van der Waals surface area (Å²) in [5.41, 5.74) is 0. The molecular weight excluding hydrogens is 172 g/mol. The molecule has 2 unspecified atom stereocenters. The second-order valence-corrected chi connectivity index (χ2v) is 5.18. The molecule has 1 aliphatic carbocycles. The summed E-state index contributed by atoms with van der Waals surface area (Å²) in [6.07, 6.45) is 7.12. The van der Waals surface area contributed by atoms with Crippen molar-refractivity contribution in [3.05, 3.63) is 0 Å². The van der Waals surface area contributed by atoms with Crippen LogP contribution in [0.5, 0.6) is 0 Å². The maximum absolute atomic E-state index is 3.62. The Labute approximate surface area is 87.8 Å². The van der Waals surface area contributed by atoms with Gasteiger partial charge in [-0.05, 0) is 57.7 Å². The lowest BCUT2D eigenvalue weighted by Crippen LogP contribution is -2.39. The van der Waals surface area contributed by atoms with Crippen molar-refractivity contribution in [1.82, 2.24) is 10.6 Å². The molecule has 0 spiro atoms. The molecule has 0 amide bonds. The van der Waals surface area contributed by atoms with Crippen molar-refractivity contribution >= 4 is 0 Å². The summed E-state index contributed by atoms with van der Waals surface area (Å²) in [6, 6.07) is 0.735. The summed E-state index contributed by atoms with van der Waals surface area (Å²) >= 11 is 0. The fourth-order valence-electron chi connectivity index (χ4n) is 2.44. The molecule has 2 atom stereocenters. The van der Waals surface area contributed by atoms with Gasteiger partial charge in [-0.1, -0.05) is 12.8 Å². The van der Waals surface area contributed by atoms with Crippen molar-refractivity contribution in [3.8, 4) is 0 Å². The summed E-state index contributed by atoms with van der Waals surface area (Å²) in [5.74, 6) is 2.00. The molecule has 1 saturated heterocycles. The molecule has 0 radical (unpaired) electrons. The molecule has 0 aromatic rings. The van der Waals surface area contributed by atoms with E-state index < -0.39 is 0 Å². The average molecular weight is 196 g/mol. The number of nitrogens with one attached hydrogen (secondary N) is 2. The van der Waals surface area contributed by atoms with Gasteiger partial charge in [-0.3, -0.25) is 0 Å². The zero-order valence-corrected chi connectivity index (χ0v) is 9.39. The van der Waals surface area contributed by atoms with Crippen molar-refractivity contribution in [1.29, 1.82) is 0 Å². The molecule has 0 bridgehead atoms. The van der Waals surface area contributed by atoms with Crippen LogP contribution in [0.15, 0.2) is 0 Å². The van der Waals surface area contributed by atoms with Gasteiger partial charge in [0.05, 0.1) is 0 Å². The van der Waals surface area contributed by atoms with Crippen LogP contribution in [0.1, 0.15) is 39.0 Å². The van der Waals surface area contributed by atoms with E-state index in [1.54, 1.807) is 0 Å². The number of piperidine rings is 1. The largest absolute Gasteiger partial charge is 0.316 e. The fourth-order valence-corrected chi connectivity index (χ4v) is 2.44. The molecule has 2 rings (SSSR count). The SMILES string of the molecule is CC1CC(CNCCC2CC2)CCN1. The monoisotopic (exact) mass is 196 g/mol. The predicted octanol–water partition coefficient (Wildman–Crippen LogP) is 1.76. The Morgan fingerprint density at radius 3 is 2.79 bits per heavy atom. The van der Waals surface area contributed by atoms with E-state index in [-0.39, 0.29) is 0 Å². The number of hydrogen-bond acceptors (Lipinski definition) is 2. The van der Waals surface area contributed by atoms with Gasteiger partial charge in [0.1, 0.15) is 0 Å². The molecule has 0 aromatic heterocycles. The molecule has 2 fully saturated rings. The van der Waals surface area contributed by atoms with Gasteiger partial charge in [-0.25, -0.2) is 0 Å². The van der Waals surface area contributed by atoms with Gasteiger partial charge in [0.25, 0.3) is 0 Å². The Kier molecular flexibility index (Phi) is 3.82. The van der Waals surface area contributed by atoms with E-state index in [0.717, 1.165) is 17.9 Å². The van der Waals surface area contributed by atoms with Gasteiger partial charge < -0.3 is 10.6 Å². The molecule has 2 aliphatic rings. The molecule has 2 nitrogen and oxygen atoms in total. The lowest BCUT2D eigenvalue weighted by molar-refractivity contribution is 0.304. The molecule has 2 N–H and O–H groups in total. The molecule has 2 heteroatoms. The Morgan fingerprint density at radius 1 is 1.21 bits per heavy atom. The second kappa shape index (κ2) is 5.13. The predicted molar refractivity (Wildman–Crippen MR) is 60.4 cm³/mol. The number of hydrogen-bond donors (Lipinski definition) is 2. The van der Waals surface area contributed by atoms with Crippen LogP contribution in [-0.2, 0) is 0 Å². The third-order valence-corrected chi connectivity index (χ3v) is 3.59. The van der Waals surface area contributed by atoms with Crippen LogP contribution >= 0.6 is 0 Å². The topological polar surface area (TPSA) is 24.1 Å². The third-order valence-electron chi connectivity index (χ3n) is 3.59. The van der Waals surface area contributed by atoms with Gasteiger partial charge in [0.15, 0.2) is 0 Å². The summed E-state index contributed by atoms with van der Waals surface area (Å²) in [4.78, 5) is 0. The Bertz CT molecular complexity index is 166. The summed E-state index contributed by atoms with van der Waals surface area (Å²) in [5, 5.41) is 7.12. The molecule has 1 heterocycles. The first kappa shape index (κ1) is 10.4. The van der Waals surface area contributed by atoms with E-state index >= 15 is 0 Å². The summed E-state index contributed by atoms with van der Waals surface area (Å²) in [6.45, 7) is 6.02. The summed E-state index contributed by atoms with van der Waals surface area (Å²) in [7, 11) is 0. The van der Waals surface area contributed by atoms with Crippen molar-refractivity contribution in [2.24, 2.45) is 11.8 Å². The highest BCUT2D eigenvalue weighted by atomic mass is 14.9. The minimum atomic E-state index is 0.735. The Balaban J connectivity index is 1.50. The van der Waals surface area contributed by atoms with Gasteiger partial charge in [0, 0.05) is 6.04 Å². The van der Waals surface area contributed by atoms with Crippen LogP contribution in [0.25, 0.3) is 0 Å². The van der Waals surface area contributed by atoms with Crippen LogP contribution in [0.4, 0.5) is 0 Å². The molecule has 82 valence electrons. The molecule has 0 aromatic carbocycles. The molecular formula is C12H24N2. The first-order chi connectivity index (χ1) is 6.84. The van der Waals surface area contributed by atoms with Crippen LogP contribution < -0.4 is 10.6 Å². The standard InChI is InChI=1S/C12H24N2/c1-10-8-12(5-7-14-10)9-13-6-4-11-2-3-11/h10-14H,2-9H2,1H3. The Hall–Kier alpha value is -0.0800. The zero-order chi connectivity index (χ0) is 9.80. The van der Waals surface area contributed by atoms with Crippen molar-refractivity contribution in [3.63, 3.8) is 0 Å². The van der Waals surface area contributed by atoms with Crippen molar-refractivity contribution in [2.45, 2.75) is 45.1 Å². The van der Waals surface area contributed by atoms with E-state index in [9.17, 15) is 0 Å². The second-order valence-electron chi connectivity index (χ2n) is 5.18. The maximum atomic E-state index is 3.62. The smallest absolute Gasteiger partial charge is 0.00418 e. The third kappa shape index (κ3) is 3.58. The van der Waals surface area contributed by atoms with Crippen molar-refractivity contribution < 1.29 is 0 Å². The summed E-state index contributed by atoms with van der Waals surface area (Å²) < 4.78 is 0. The highest BCUT2D eigenvalue weighted by molar-refractivity contribution is 4.77. The van der Waals surface area contributed by atoms with E-state index in [1.165, 1.54) is 51.7 Å². The highest BCUT2D eigenvalue weighted by Crippen LogP contribution is 2.31. The van der Waals surface area contributed by atoms with Crippen LogP contribution in [0, 0.1) is 11.8 Å². The lowest BCUT2D eigenvalue weighted by atomic mass is 9.93. The first-order valence-electron chi connectivity index (χ1n) is 6.28. The van der Waals surface area contributed by atoms with Crippen LogP contribution in [0.3, 0.4) is 0 Å². The first-order valence-corrected chi connectivity index (χ1v) is 6.28. The zero-order valence-electron chi connectivity index (χ0n) is 9.39. The van der Waals surface area contributed by atoms with Gasteiger partial charge >= 0.3 is 0 Å². The Morgan fingerprint density at radius 2 is 2.07 bits per heavy atom. The molecule has 1 saturated carbocycles. The molecule has 1 aliphatic heterocycles. The van der Waals surface area contributed by atoms with E-state index in [1.807, 2.05) is 0 Å². The fraction of sp³-hybridized carbons (Fsp3) is 1.00. The van der Waals surface area contributed by atoms with E-state index in [4.69, 9.17) is 0 Å². The molecule has 14 heavy (non-hydrogen) atoms. The van der Waals surface area contributed by atoms with E-state index in [2.05, 4.69) is 17.6 Å².